The maximum Gasteiger partial charge on any atom is 0.326 e. The molecule has 0 radical (unpaired) electrons. The van der Waals surface area contributed by atoms with Crippen LogP contribution in [0.1, 0.15) is 37.0 Å². The van der Waals surface area contributed by atoms with Gasteiger partial charge in [-0.15, -0.1) is 10.2 Å². The van der Waals surface area contributed by atoms with Gasteiger partial charge in [0, 0.05) is 26.1 Å². The van der Waals surface area contributed by atoms with Gasteiger partial charge in [0.05, 0.1) is 0 Å². The highest BCUT2D eigenvalue weighted by Crippen LogP contribution is 2.27. The molecule has 1 saturated heterocycles. The summed E-state index contributed by atoms with van der Waals surface area (Å²) in [6.07, 6.45) is 4.19. The SMILES string of the molecule is O=C(O)C1CCCc2nnc(CC3CCOC3)n21. The Labute approximate surface area is 105 Å². The number of aliphatic carboxylic acids is 1. The second-order valence-corrected chi connectivity index (χ2v) is 5.08. The van der Waals surface area contributed by atoms with Gasteiger partial charge in [0.25, 0.3) is 0 Å². The average Bonchev–Trinajstić information content (AvgIpc) is 2.99. The van der Waals surface area contributed by atoms with Crippen molar-refractivity contribution in [1.82, 2.24) is 14.8 Å². The highest BCUT2D eigenvalue weighted by molar-refractivity contribution is 5.72. The number of nitrogens with zero attached hydrogens (tertiary/aromatic N) is 3. The van der Waals surface area contributed by atoms with Gasteiger partial charge in [-0.25, -0.2) is 4.79 Å². The van der Waals surface area contributed by atoms with Crippen LogP contribution in [0.4, 0.5) is 0 Å². The fourth-order valence-corrected chi connectivity index (χ4v) is 2.85. The molecule has 0 spiro atoms. The smallest absolute Gasteiger partial charge is 0.326 e. The van der Waals surface area contributed by atoms with Crippen molar-refractivity contribution in [3.8, 4) is 0 Å². The van der Waals surface area contributed by atoms with E-state index in [0.29, 0.717) is 12.3 Å². The minimum atomic E-state index is -0.778. The number of hydrogen-bond acceptors (Lipinski definition) is 4. The Kier molecular flexibility index (Phi) is 3.03. The summed E-state index contributed by atoms with van der Waals surface area (Å²) in [5, 5.41) is 17.6. The minimum Gasteiger partial charge on any atom is -0.480 e. The predicted molar refractivity (Wildman–Crippen MR) is 62.3 cm³/mol. The van der Waals surface area contributed by atoms with Crippen LogP contribution in [-0.2, 0) is 22.4 Å². The van der Waals surface area contributed by atoms with Gasteiger partial charge in [-0.2, -0.15) is 0 Å². The summed E-state index contributed by atoms with van der Waals surface area (Å²) in [6.45, 7) is 1.55. The molecule has 18 heavy (non-hydrogen) atoms. The zero-order valence-corrected chi connectivity index (χ0v) is 10.2. The molecule has 1 aromatic heterocycles. The Balaban J connectivity index is 1.86. The number of carboxylic acids is 1. The number of ether oxygens (including phenoxy) is 1. The molecular weight excluding hydrogens is 234 g/mol. The lowest BCUT2D eigenvalue weighted by molar-refractivity contribution is -0.141. The number of hydrogen-bond donors (Lipinski definition) is 1. The molecule has 6 heteroatoms. The average molecular weight is 251 g/mol. The predicted octanol–water partition coefficient (Wildman–Crippen LogP) is 0.819. The van der Waals surface area contributed by atoms with Crippen LogP contribution in [0.25, 0.3) is 0 Å². The van der Waals surface area contributed by atoms with Gasteiger partial charge in [0.1, 0.15) is 17.7 Å². The third kappa shape index (κ3) is 2.01. The van der Waals surface area contributed by atoms with Gasteiger partial charge in [-0.3, -0.25) is 0 Å². The first-order chi connectivity index (χ1) is 8.75. The van der Waals surface area contributed by atoms with Crippen molar-refractivity contribution in [1.29, 1.82) is 0 Å². The molecule has 0 aliphatic carbocycles. The number of aryl methyl sites for hydroxylation is 1. The van der Waals surface area contributed by atoms with Crippen LogP contribution in [0.3, 0.4) is 0 Å². The summed E-state index contributed by atoms with van der Waals surface area (Å²) in [4.78, 5) is 11.3. The molecule has 0 aromatic carbocycles. The number of rotatable bonds is 3. The van der Waals surface area contributed by atoms with E-state index >= 15 is 0 Å². The van der Waals surface area contributed by atoms with E-state index in [1.165, 1.54) is 0 Å². The Morgan fingerprint density at radius 3 is 3.06 bits per heavy atom. The minimum absolute atomic E-state index is 0.453. The zero-order valence-electron chi connectivity index (χ0n) is 10.2. The maximum absolute atomic E-state index is 11.3. The van der Waals surface area contributed by atoms with E-state index in [-0.39, 0.29) is 0 Å². The summed E-state index contributed by atoms with van der Waals surface area (Å²) < 4.78 is 7.19. The van der Waals surface area contributed by atoms with E-state index in [4.69, 9.17) is 4.74 Å². The van der Waals surface area contributed by atoms with Crippen LogP contribution in [0.15, 0.2) is 0 Å². The summed E-state index contributed by atoms with van der Waals surface area (Å²) in [7, 11) is 0. The summed E-state index contributed by atoms with van der Waals surface area (Å²) in [5.41, 5.74) is 0. The Bertz CT molecular complexity index is 451. The second kappa shape index (κ2) is 4.68. The first-order valence-corrected chi connectivity index (χ1v) is 6.49. The Morgan fingerprint density at radius 2 is 2.33 bits per heavy atom. The van der Waals surface area contributed by atoms with Crippen molar-refractivity contribution in [2.24, 2.45) is 5.92 Å². The zero-order chi connectivity index (χ0) is 12.5. The van der Waals surface area contributed by atoms with Crippen LogP contribution in [0, 0.1) is 5.92 Å². The molecule has 1 aromatic rings. The molecule has 0 bridgehead atoms. The molecule has 98 valence electrons. The van der Waals surface area contributed by atoms with E-state index in [1.807, 2.05) is 4.57 Å². The largest absolute Gasteiger partial charge is 0.480 e. The van der Waals surface area contributed by atoms with E-state index in [1.54, 1.807) is 0 Å². The van der Waals surface area contributed by atoms with E-state index in [0.717, 1.165) is 50.5 Å². The number of aromatic nitrogens is 3. The van der Waals surface area contributed by atoms with Crippen LogP contribution in [0.2, 0.25) is 0 Å². The molecule has 2 aliphatic rings. The van der Waals surface area contributed by atoms with Crippen LogP contribution < -0.4 is 0 Å². The maximum atomic E-state index is 11.3. The highest BCUT2D eigenvalue weighted by Gasteiger charge is 2.30. The molecule has 2 unspecified atom stereocenters. The number of carbonyl (C=O) groups is 1. The summed E-state index contributed by atoms with van der Waals surface area (Å²) >= 11 is 0. The van der Waals surface area contributed by atoms with Crippen molar-refractivity contribution >= 4 is 5.97 Å². The molecule has 0 saturated carbocycles. The fraction of sp³-hybridized carbons (Fsp3) is 0.750. The lowest BCUT2D eigenvalue weighted by Gasteiger charge is -2.23. The molecule has 6 nitrogen and oxygen atoms in total. The lowest BCUT2D eigenvalue weighted by Crippen LogP contribution is -2.27. The van der Waals surface area contributed by atoms with E-state index in [2.05, 4.69) is 10.2 Å². The van der Waals surface area contributed by atoms with Gasteiger partial charge in [-0.05, 0) is 25.2 Å². The summed E-state index contributed by atoms with van der Waals surface area (Å²) in [5.74, 6) is 1.31. The quantitative estimate of drug-likeness (QED) is 0.860. The van der Waals surface area contributed by atoms with Crippen LogP contribution in [0.5, 0.6) is 0 Å². The highest BCUT2D eigenvalue weighted by atomic mass is 16.5. The van der Waals surface area contributed by atoms with Gasteiger partial charge in [0.15, 0.2) is 0 Å². The Morgan fingerprint density at radius 1 is 1.44 bits per heavy atom. The second-order valence-electron chi connectivity index (χ2n) is 5.08. The molecule has 2 aliphatic heterocycles. The summed E-state index contributed by atoms with van der Waals surface area (Å²) in [6, 6.07) is -0.485. The molecule has 3 rings (SSSR count). The van der Waals surface area contributed by atoms with E-state index < -0.39 is 12.0 Å². The first kappa shape index (κ1) is 11.6. The Hall–Kier alpha value is -1.43. The molecule has 0 amide bonds. The van der Waals surface area contributed by atoms with Crippen molar-refractivity contribution in [3.05, 3.63) is 11.6 Å². The van der Waals surface area contributed by atoms with Gasteiger partial charge in [0.2, 0.25) is 0 Å². The van der Waals surface area contributed by atoms with Crippen LogP contribution >= 0.6 is 0 Å². The molecule has 1 fully saturated rings. The number of carboxylic acid groups (broad SMARTS) is 1. The normalized spacial score (nSPS) is 27.1. The lowest BCUT2D eigenvalue weighted by atomic mass is 10.0. The third-order valence-electron chi connectivity index (χ3n) is 3.81. The molecule has 1 N–H and O–H groups in total. The van der Waals surface area contributed by atoms with E-state index in [9.17, 15) is 9.90 Å². The molecular formula is C12H17N3O3. The van der Waals surface area contributed by atoms with Gasteiger partial charge < -0.3 is 14.4 Å². The molecule has 3 heterocycles. The van der Waals surface area contributed by atoms with Crippen molar-refractivity contribution in [2.45, 2.75) is 38.1 Å². The van der Waals surface area contributed by atoms with Gasteiger partial charge in [-0.1, -0.05) is 0 Å². The van der Waals surface area contributed by atoms with Gasteiger partial charge >= 0.3 is 5.97 Å². The standard InChI is InChI=1S/C12H17N3O3/c16-12(17)9-2-1-3-10-13-14-11(15(9)10)6-8-4-5-18-7-8/h8-9H,1-7H2,(H,16,17). The fourth-order valence-electron chi connectivity index (χ4n) is 2.85. The topological polar surface area (TPSA) is 77.2 Å². The first-order valence-electron chi connectivity index (χ1n) is 6.49. The van der Waals surface area contributed by atoms with Crippen molar-refractivity contribution < 1.29 is 14.6 Å². The third-order valence-corrected chi connectivity index (χ3v) is 3.81. The monoisotopic (exact) mass is 251 g/mol. The molecule has 2 atom stereocenters. The number of fused-ring (bicyclic) bond motifs is 1. The van der Waals surface area contributed by atoms with Crippen molar-refractivity contribution in [2.75, 3.05) is 13.2 Å². The van der Waals surface area contributed by atoms with Crippen LogP contribution in [-0.4, -0.2) is 39.1 Å². The van der Waals surface area contributed by atoms with Crippen molar-refractivity contribution in [3.63, 3.8) is 0 Å².